The van der Waals surface area contributed by atoms with Crippen LogP contribution in [0.2, 0.25) is 0 Å². The molecule has 6 heteroatoms. The van der Waals surface area contributed by atoms with Gasteiger partial charge in [0.1, 0.15) is 0 Å². The highest BCUT2D eigenvalue weighted by molar-refractivity contribution is 7.15. The molecule has 0 radical (unpaired) electrons. The molecule has 1 heterocycles. The molecule has 1 aromatic rings. The van der Waals surface area contributed by atoms with E-state index in [1.165, 1.54) is 16.2 Å². The predicted octanol–water partition coefficient (Wildman–Crippen LogP) is 3.71. The van der Waals surface area contributed by atoms with Crippen LogP contribution in [-0.2, 0) is 6.54 Å². The van der Waals surface area contributed by atoms with Crippen molar-refractivity contribution in [1.29, 1.82) is 0 Å². The minimum atomic E-state index is -2.34. The lowest BCUT2D eigenvalue weighted by atomic mass is 10.1. The molecule has 0 aliphatic heterocycles. The van der Waals surface area contributed by atoms with Gasteiger partial charge >= 0.3 is 0 Å². The third kappa shape index (κ3) is 5.32. The molecule has 0 saturated heterocycles. The molecule has 0 spiro atoms. The van der Waals surface area contributed by atoms with E-state index in [1.54, 1.807) is 7.05 Å². The average Bonchev–Trinajstić information content (AvgIpc) is 2.72. The van der Waals surface area contributed by atoms with Crippen molar-refractivity contribution in [1.82, 2.24) is 10.3 Å². The first kappa shape index (κ1) is 17.3. The second-order valence-electron chi connectivity index (χ2n) is 5.76. The van der Waals surface area contributed by atoms with E-state index in [-0.39, 0.29) is 6.54 Å². The largest absolute Gasteiger partial charge is 0.345 e. The zero-order valence-corrected chi connectivity index (χ0v) is 13.7. The Labute approximate surface area is 124 Å². The van der Waals surface area contributed by atoms with E-state index in [1.807, 2.05) is 0 Å². The molecule has 0 bridgehead atoms. The number of aromatic nitrogens is 1. The minimum absolute atomic E-state index is 0.274. The molecule has 20 heavy (non-hydrogen) atoms. The fraction of sp³-hybridized carbons (Fsp3) is 0.786. The zero-order valence-electron chi connectivity index (χ0n) is 12.9. The van der Waals surface area contributed by atoms with E-state index in [0.717, 1.165) is 23.7 Å². The van der Waals surface area contributed by atoms with Crippen LogP contribution in [0.15, 0.2) is 0 Å². The van der Waals surface area contributed by atoms with Crippen LogP contribution in [0.4, 0.5) is 13.9 Å². The average molecular weight is 305 g/mol. The van der Waals surface area contributed by atoms with Gasteiger partial charge in [-0.2, -0.15) is 0 Å². The van der Waals surface area contributed by atoms with Gasteiger partial charge in [-0.25, -0.2) is 13.8 Å². The van der Waals surface area contributed by atoms with Gasteiger partial charge in [0, 0.05) is 18.5 Å². The molecule has 0 saturated carbocycles. The lowest BCUT2D eigenvalue weighted by Gasteiger charge is -2.14. The Morgan fingerprint density at radius 1 is 1.25 bits per heavy atom. The van der Waals surface area contributed by atoms with Gasteiger partial charge in [0.2, 0.25) is 0 Å². The van der Waals surface area contributed by atoms with E-state index in [0.29, 0.717) is 17.0 Å². The number of anilines is 1. The van der Waals surface area contributed by atoms with Gasteiger partial charge in [-0.05, 0) is 18.4 Å². The van der Waals surface area contributed by atoms with Gasteiger partial charge in [-0.3, -0.25) is 0 Å². The van der Waals surface area contributed by atoms with Gasteiger partial charge in [0.15, 0.2) is 5.13 Å². The first-order valence-electron chi connectivity index (χ1n) is 7.00. The number of rotatable bonds is 8. The molecule has 0 aliphatic rings. The molecule has 0 fully saturated rings. The van der Waals surface area contributed by atoms with Gasteiger partial charge in [0.05, 0.1) is 12.2 Å². The van der Waals surface area contributed by atoms with Gasteiger partial charge < -0.3 is 10.2 Å². The highest BCUT2D eigenvalue weighted by Crippen LogP contribution is 2.30. The summed E-state index contributed by atoms with van der Waals surface area (Å²) < 4.78 is 24.9. The van der Waals surface area contributed by atoms with E-state index in [9.17, 15) is 8.78 Å². The number of halogens is 2. The molecule has 0 atom stereocenters. The molecular weight excluding hydrogens is 280 g/mol. The van der Waals surface area contributed by atoms with Crippen LogP contribution in [0, 0.1) is 5.92 Å². The maximum Gasteiger partial charge on any atom is 0.255 e. The summed E-state index contributed by atoms with van der Waals surface area (Å²) in [5.41, 5.74) is 1.02. The van der Waals surface area contributed by atoms with Crippen LogP contribution < -0.4 is 10.2 Å². The molecule has 1 N–H and O–H groups in total. The summed E-state index contributed by atoms with van der Waals surface area (Å²) in [5.74, 6) is 0.891. The summed E-state index contributed by atoms with van der Waals surface area (Å²) in [6.45, 7) is 9.90. The van der Waals surface area contributed by atoms with Crippen molar-refractivity contribution in [3.63, 3.8) is 0 Å². The molecule has 3 nitrogen and oxygen atoms in total. The summed E-state index contributed by atoms with van der Waals surface area (Å²) in [5, 5.41) is 4.07. The topological polar surface area (TPSA) is 28.2 Å². The fourth-order valence-electron chi connectivity index (χ4n) is 1.85. The van der Waals surface area contributed by atoms with Gasteiger partial charge in [-0.15, -0.1) is 11.3 Å². The van der Waals surface area contributed by atoms with Crippen molar-refractivity contribution in [2.45, 2.75) is 46.6 Å². The minimum Gasteiger partial charge on any atom is -0.345 e. The van der Waals surface area contributed by atoms with Gasteiger partial charge in [0.25, 0.3) is 6.43 Å². The van der Waals surface area contributed by atoms with Crippen LogP contribution in [0.3, 0.4) is 0 Å². The molecule has 0 amide bonds. The van der Waals surface area contributed by atoms with Crippen LogP contribution >= 0.6 is 11.3 Å². The van der Waals surface area contributed by atoms with Crippen molar-refractivity contribution >= 4 is 16.5 Å². The molecule has 0 aromatic carbocycles. The highest BCUT2D eigenvalue weighted by Gasteiger charge is 2.18. The van der Waals surface area contributed by atoms with Crippen LogP contribution in [0.25, 0.3) is 0 Å². The predicted molar refractivity (Wildman–Crippen MR) is 82.0 cm³/mol. The first-order chi connectivity index (χ1) is 9.31. The molecule has 1 rings (SSSR count). The second kappa shape index (κ2) is 7.88. The van der Waals surface area contributed by atoms with Crippen molar-refractivity contribution in [2.75, 3.05) is 25.0 Å². The quantitative estimate of drug-likeness (QED) is 0.793. The summed E-state index contributed by atoms with van der Waals surface area (Å²) in [6, 6.07) is 0. The normalized spacial score (nSPS) is 11.9. The van der Waals surface area contributed by atoms with Crippen molar-refractivity contribution in [3.8, 4) is 0 Å². The molecule has 1 aromatic heterocycles. The van der Waals surface area contributed by atoms with Crippen LogP contribution in [0.1, 0.15) is 44.2 Å². The Kier molecular flexibility index (Phi) is 6.82. The summed E-state index contributed by atoms with van der Waals surface area (Å²) in [4.78, 5) is 7.22. The third-order valence-corrected chi connectivity index (χ3v) is 4.03. The lowest BCUT2D eigenvalue weighted by molar-refractivity contribution is 0.156. The Bertz CT molecular complexity index is 405. The molecule has 0 unspecified atom stereocenters. The van der Waals surface area contributed by atoms with Crippen molar-refractivity contribution in [3.05, 3.63) is 10.6 Å². The summed E-state index contributed by atoms with van der Waals surface area (Å²) in [7, 11) is 1.67. The molecule has 116 valence electrons. The standard InChI is InChI=1S/C14H25F2N3S/c1-9(2)6-17-7-11-13(10(3)4)18-14(20-11)19(5)8-12(15)16/h9-10,12,17H,6-8H2,1-5H3. The van der Waals surface area contributed by atoms with Crippen molar-refractivity contribution < 1.29 is 8.78 Å². The Morgan fingerprint density at radius 2 is 1.90 bits per heavy atom. The third-order valence-electron chi connectivity index (χ3n) is 2.84. The van der Waals surface area contributed by atoms with Crippen LogP contribution in [0.5, 0.6) is 0 Å². The maximum absolute atomic E-state index is 12.5. The van der Waals surface area contributed by atoms with Crippen LogP contribution in [-0.4, -0.2) is 31.5 Å². The molecular formula is C14H25F2N3S. The zero-order chi connectivity index (χ0) is 15.3. The number of thiazole rings is 1. The van der Waals surface area contributed by atoms with E-state index in [4.69, 9.17) is 0 Å². The lowest BCUT2D eigenvalue weighted by Crippen LogP contribution is -2.23. The van der Waals surface area contributed by atoms with Gasteiger partial charge in [-0.1, -0.05) is 27.7 Å². The fourth-order valence-corrected chi connectivity index (χ4v) is 3.01. The highest BCUT2D eigenvalue weighted by atomic mass is 32.1. The van der Waals surface area contributed by atoms with E-state index < -0.39 is 6.43 Å². The van der Waals surface area contributed by atoms with Crippen molar-refractivity contribution in [2.24, 2.45) is 5.92 Å². The maximum atomic E-state index is 12.5. The second-order valence-corrected chi connectivity index (χ2v) is 6.82. The number of alkyl halides is 2. The number of hydrogen-bond acceptors (Lipinski definition) is 4. The number of nitrogens with one attached hydrogen (secondary N) is 1. The smallest absolute Gasteiger partial charge is 0.255 e. The Hall–Kier alpha value is -0.750. The van der Waals surface area contributed by atoms with E-state index in [2.05, 4.69) is 38.0 Å². The summed E-state index contributed by atoms with van der Waals surface area (Å²) >= 11 is 1.51. The Morgan fingerprint density at radius 3 is 2.40 bits per heavy atom. The van der Waals surface area contributed by atoms with E-state index >= 15 is 0 Å². The number of hydrogen-bond donors (Lipinski definition) is 1. The molecule has 0 aliphatic carbocycles. The summed E-state index contributed by atoms with van der Waals surface area (Å²) in [6.07, 6.45) is -2.34. The number of nitrogens with zero attached hydrogens (tertiary/aromatic N) is 2. The Balaban J connectivity index is 2.79. The SMILES string of the molecule is CC(C)CNCc1sc(N(C)CC(F)F)nc1C(C)C. The monoisotopic (exact) mass is 305 g/mol. The first-order valence-corrected chi connectivity index (χ1v) is 7.82.